The molecule has 7 heteroatoms. The Labute approximate surface area is 63.9 Å². The number of hydrogen-bond donors (Lipinski definition) is 7. The summed E-state index contributed by atoms with van der Waals surface area (Å²) >= 11 is 0. The highest BCUT2D eigenvalue weighted by Crippen LogP contribution is 1.59. The molecular weight excluding hydrogens is 146 g/mol. The zero-order chi connectivity index (χ0) is 8.85. The first kappa shape index (κ1) is 9.21. The van der Waals surface area contributed by atoms with Gasteiger partial charge in [0, 0.05) is 7.05 Å². The van der Waals surface area contributed by atoms with Crippen LogP contribution in [0.3, 0.4) is 0 Å². The highest BCUT2D eigenvalue weighted by Gasteiger charge is 1.97. The summed E-state index contributed by atoms with van der Waals surface area (Å²) < 4.78 is 0. The SMILES string of the molecule is CNC(=N)NC(=N)NC(=N)N. The molecule has 8 N–H and O–H groups in total. The molecule has 0 heterocycles. The van der Waals surface area contributed by atoms with E-state index in [-0.39, 0.29) is 17.9 Å². The second-order valence-corrected chi connectivity index (χ2v) is 1.66. The van der Waals surface area contributed by atoms with Gasteiger partial charge in [0.1, 0.15) is 0 Å². The molecule has 0 unspecified atom stereocenters. The van der Waals surface area contributed by atoms with Crippen LogP contribution in [0.2, 0.25) is 0 Å². The van der Waals surface area contributed by atoms with Crippen LogP contribution in [0.25, 0.3) is 0 Å². The fourth-order valence-electron chi connectivity index (χ4n) is 0.353. The van der Waals surface area contributed by atoms with Crippen molar-refractivity contribution in [2.75, 3.05) is 7.05 Å². The molecule has 0 amide bonds. The first-order valence-electron chi connectivity index (χ1n) is 2.79. The van der Waals surface area contributed by atoms with Gasteiger partial charge in [-0.2, -0.15) is 0 Å². The summed E-state index contributed by atoms with van der Waals surface area (Å²) in [5, 5.41) is 27.6. The monoisotopic (exact) mass is 157 g/mol. The van der Waals surface area contributed by atoms with Crippen LogP contribution in [0.1, 0.15) is 0 Å². The molecule has 0 aromatic rings. The molecule has 0 saturated carbocycles. The highest BCUT2D eigenvalue weighted by atomic mass is 15.3. The minimum Gasteiger partial charge on any atom is -0.370 e. The van der Waals surface area contributed by atoms with Gasteiger partial charge in [-0.05, 0) is 0 Å². The highest BCUT2D eigenvalue weighted by molar-refractivity contribution is 6.02. The number of rotatable bonds is 0. The maximum Gasteiger partial charge on any atom is 0.202 e. The zero-order valence-corrected chi connectivity index (χ0v) is 6.08. The average molecular weight is 157 g/mol. The predicted octanol–water partition coefficient (Wildman–Crippen LogP) is -1.85. The lowest BCUT2D eigenvalue weighted by molar-refractivity contribution is 1.02. The van der Waals surface area contributed by atoms with E-state index in [0.717, 1.165) is 0 Å². The normalized spacial score (nSPS) is 8.09. The van der Waals surface area contributed by atoms with Gasteiger partial charge in [-0.25, -0.2) is 0 Å². The lowest BCUT2D eigenvalue weighted by atomic mass is 10.8. The van der Waals surface area contributed by atoms with Crippen LogP contribution in [-0.4, -0.2) is 24.9 Å². The maximum absolute atomic E-state index is 7.03. The van der Waals surface area contributed by atoms with Gasteiger partial charge in [0.2, 0.25) is 5.96 Å². The molecule has 0 fully saturated rings. The molecule has 7 nitrogen and oxygen atoms in total. The number of nitrogens with two attached hydrogens (primary N) is 1. The summed E-state index contributed by atoms with van der Waals surface area (Å²) in [5.41, 5.74) is 4.91. The summed E-state index contributed by atoms with van der Waals surface area (Å²) in [5.74, 6) is -0.591. The average Bonchev–Trinajstić information content (AvgIpc) is 1.85. The first-order valence-corrected chi connectivity index (χ1v) is 2.79. The van der Waals surface area contributed by atoms with Crippen molar-refractivity contribution in [3.63, 3.8) is 0 Å². The Hall–Kier alpha value is -1.79. The number of nitrogens with one attached hydrogen (secondary N) is 6. The topological polar surface area (TPSA) is 134 Å². The molecule has 0 aromatic carbocycles. The number of guanidine groups is 3. The van der Waals surface area contributed by atoms with E-state index in [1.54, 1.807) is 0 Å². The van der Waals surface area contributed by atoms with Gasteiger partial charge in [-0.15, -0.1) is 0 Å². The van der Waals surface area contributed by atoms with E-state index in [4.69, 9.17) is 22.0 Å². The molecule has 0 aliphatic rings. The third-order valence-corrected chi connectivity index (χ3v) is 0.760. The van der Waals surface area contributed by atoms with Crippen LogP contribution in [0.4, 0.5) is 0 Å². The third-order valence-electron chi connectivity index (χ3n) is 0.760. The maximum atomic E-state index is 7.03. The van der Waals surface area contributed by atoms with Gasteiger partial charge in [0.15, 0.2) is 11.9 Å². The molecule has 0 aliphatic carbocycles. The summed E-state index contributed by atoms with van der Waals surface area (Å²) in [6.07, 6.45) is 0. The molecule has 0 aromatic heterocycles. The lowest BCUT2D eigenvalue weighted by Gasteiger charge is -2.08. The van der Waals surface area contributed by atoms with Gasteiger partial charge in [0.05, 0.1) is 0 Å². The van der Waals surface area contributed by atoms with E-state index in [1.165, 1.54) is 7.05 Å². The van der Waals surface area contributed by atoms with E-state index < -0.39 is 0 Å². The Kier molecular flexibility index (Phi) is 3.43. The van der Waals surface area contributed by atoms with Gasteiger partial charge < -0.3 is 11.1 Å². The second-order valence-electron chi connectivity index (χ2n) is 1.66. The minimum atomic E-state index is -0.341. The Morgan fingerprint density at radius 2 is 1.64 bits per heavy atom. The fraction of sp³-hybridized carbons (Fsp3) is 0.250. The molecule has 0 bridgehead atoms. The van der Waals surface area contributed by atoms with E-state index in [0.29, 0.717) is 0 Å². The molecule has 11 heavy (non-hydrogen) atoms. The van der Waals surface area contributed by atoms with Gasteiger partial charge in [-0.3, -0.25) is 26.9 Å². The Bertz CT molecular complexity index is 183. The smallest absolute Gasteiger partial charge is 0.202 e. The molecule has 0 saturated heterocycles. The van der Waals surface area contributed by atoms with Crippen LogP contribution in [-0.2, 0) is 0 Å². The zero-order valence-electron chi connectivity index (χ0n) is 6.08. The molecule has 0 aliphatic heterocycles. The second kappa shape index (κ2) is 4.09. The Balaban J connectivity index is 3.70. The van der Waals surface area contributed by atoms with Crippen molar-refractivity contribution in [3.8, 4) is 0 Å². The summed E-state index contributed by atoms with van der Waals surface area (Å²) in [6.45, 7) is 0. The van der Waals surface area contributed by atoms with Crippen LogP contribution >= 0.6 is 0 Å². The molecule has 0 rings (SSSR count). The van der Waals surface area contributed by atoms with Crippen LogP contribution < -0.4 is 21.7 Å². The molecule has 0 spiro atoms. The molecular formula is C4H11N7. The van der Waals surface area contributed by atoms with Crippen LogP contribution in [0.15, 0.2) is 0 Å². The van der Waals surface area contributed by atoms with E-state index in [9.17, 15) is 0 Å². The quantitative estimate of drug-likeness (QED) is 0.164. The van der Waals surface area contributed by atoms with Gasteiger partial charge in [-0.1, -0.05) is 0 Å². The first-order chi connectivity index (χ1) is 5.06. The Morgan fingerprint density at radius 3 is 2.00 bits per heavy atom. The molecule has 62 valence electrons. The van der Waals surface area contributed by atoms with Crippen molar-refractivity contribution in [2.24, 2.45) is 5.73 Å². The molecule has 0 atom stereocenters. The minimum absolute atomic E-state index is 0.0382. The van der Waals surface area contributed by atoms with Crippen molar-refractivity contribution in [3.05, 3.63) is 0 Å². The van der Waals surface area contributed by atoms with E-state index >= 15 is 0 Å². The summed E-state index contributed by atoms with van der Waals surface area (Å²) in [4.78, 5) is 0. The van der Waals surface area contributed by atoms with Gasteiger partial charge >= 0.3 is 0 Å². The largest absolute Gasteiger partial charge is 0.370 e. The van der Waals surface area contributed by atoms with Crippen molar-refractivity contribution < 1.29 is 0 Å². The molecule has 0 radical (unpaired) electrons. The van der Waals surface area contributed by atoms with Crippen molar-refractivity contribution in [2.45, 2.75) is 0 Å². The standard InChI is InChI=1S/C4H11N7/c1-9-3(7)11-4(8)10-2(5)6/h1H3,(H8,5,6,7,8,9,10,11). The third kappa shape index (κ3) is 4.70. The fourth-order valence-corrected chi connectivity index (χ4v) is 0.353. The van der Waals surface area contributed by atoms with Gasteiger partial charge in [0.25, 0.3) is 0 Å². The summed E-state index contributed by atoms with van der Waals surface area (Å²) in [6, 6.07) is 0. The predicted molar refractivity (Wildman–Crippen MR) is 42.7 cm³/mol. The summed E-state index contributed by atoms with van der Waals surface area (Å²) in [7, 11) is 1.54. The van der Waals surface area contributed by atoms with Crippen molar-refractivity contribution in [1.82, 2.24) is 16.0 Å². The lowest BCUT2D eigenvalue weighted by Crippen LogP contribution is -2.48. The van der Waals surface area contributed by atoms with Crippen LogP contribution in [0.5, 0.6) is 0 Å². The van der Waals surface area contributed by atoms with E-state index in [2.05, 4.69) is 16.0 Å². The van der Waals surface area contributed by atoms with Crippen LogP contribution in [0, 0.1) is 16.2 Å². The Morgan fingerprint density at radius 1 is 1.09 bits per heavy atom. The number of hydrogen-bond acceptors (Lipinski definition) is 3. The van der Waals surface area contributed by atoms with Crippen molar-refractivity contribution >= 4 is 17.9 Å². The van der Waals surface area contributed by atoms with E-state index in [1.807, 2.05) is 0 Å². The van der Waals surface area contributed by atoms with Crippen molar-refractivity contribution in [1.29, 1.82) is 16.2 Å².